The van der Waals surface area contributed by atoms with Gasteiger partial charge in [-0.3, -0.25) is 0 Å². The van der Waals surface area contributed by atoms with E-state index in [1.807, 2.05) is 6.92 Å². The maximum absolute atomic E-state index is 11.8. The SMILES string of the molecule is CCC[C@H](CN)CC(F)(F)F. The highest BCUT2D eigenvalue weighted by Gasteiger charge is 2.30. The lowest BCUT2D eigenvalue weighted by molar-refractivity contribution is -0.144. The summed E-state index contributed by atoms with van der Waals surface area (Å²) in [6, 6.07) is 0. The fourth-order valence-corrected chi connectivity index (χ4v) is 1.04. The van der Waals surface area contributed by atoms with E-state index in [-0.39, 0.29) is 12.5 Å². The van der Waals surface area contributed by atoms with Gasteiger partial charge in [0.25, 0.3) is 0 Å². The summed E-state index contributed by atoms with van der Waals surface area (Å²) in [5.41, 5.74) is 5.17. The predicted octanol–water partition coefficient (Wildman–Crippen LogP) is 2.31. The Hall–Kier alpha value is -0.250. The quantitative estimate of drug-likeness (QED) is 0.686. The molecule has 0 saturated heterocycles. The number of hydrogen-bond acceptors (Lipinski definition) is 1. The average Bonchev–Trinajstić information content (AvgIpc) is 1.84. The highest BCUT2D eigenvalue weighted by molar-refractivity contribution is 4.64. The van der Waals surface area contributed by atoms with Crippen molar-refractivity contribution < 1.29 is 13.2 Å². The first-order chi connectivity index (χ1) is 4.99. The molecule has 0 bridgehead atoms. The van der Waals surface area contributed by atoms with E-state index in [9.17, 15) is 13.2 Å². The zero-order valence-corrected chi connectivity index (χ0v) is 6.62. The van der Waals surface area contributed by atoms with E-state index in [2.05, 4.69) is 0 Å². The van der Waals surface area contributed by atoms with Crippen molar-refractivity contribution in [1.82, 2.24) is 0 Å². The van der Waals surface area contributed by atoms with E-state index in [4.69, 9.17) is 5.73 Å². The number of rotatable bonds is 4. The minimum Gasteiger partial charge on any atom is -0.330 e. The molecule has 0 aromatic heterocycles. The van der Waals surface area contributed by atoms with Gasteiger partial charge < -0.3 is 5.73 Å². The van der Waals surface area contributed by atoms with Crippen molar-refractivity contribution in [1.29, 1.82) is 0 Å². The fourth-order valence-electron chi connectivity index (χ4n) is 1.04. The highest BCUT2D eigenvalue weighted by Crippen LogP contribution is 2.26. The van der Waals surface area contributed by atoms with Crippen LogP contribution in [0.2, 0.25) is 0 Å². The van der Waals surface area contributed by atoms with Gasteiger partial charge in [-0.1, -0.05) is 13.3 Å². The molecule has 0 rings (SSSR count). The van der Waals surface area contributed by atoms with E-state index in [1.165, 1.54) is 0 Å². The summed E-state index contributed by atoms with van der Waals surface area (Å²) in [5, 5.41) is 0. The number of hydrogen-bond donors (Lipinski definition) is 1. The summed E-state index contributed by atoms with van der Waals surface area (Å²) in [7, 11) is 0. The molecule has 1 nitrogen and oxygen atoms in total. The molecule has 4 heteroatoms. The molecule has 2 N–H and O–H groups in total. The molecule has 0 aliphatic carbocycles. The zero-order valence-electron chi connectivity index (χ0n) is 6.62. The van der Waals surface area contributed by atoms with Crippen LogP contribution in [0.5, 0.6) is 0 Å². The average molecular weight is 169 g/mol. The number of halogens is 3. The summed E-state index contributed by atoms with van der Waals surface area (Å²) in [5.74, 6) is -0.389. The van der Waals surface area contributed by atoms with E-state index >= 15 is 0 Å². The van der Waals surface area contributed by atoms with Gasteiger partial charge in [0.05, 0.1) is 0 Å². The Balaban J connectivity index is 3.68. The number of alkyl halides is 3. The van der Waals surface area contributed by atoms with Crippen LogP contribution in [0.25, 0.3) is 0 Å². The Morgan fingerprint density at radius 1 is 1.36 bits per heavy atom. The summed E-state index contributed by atoms with van der Waals surface area (Å²) < 4.78 is 35.3. The van der Waals surface area contributed by atoms with Crippen LogP contribution < -0.4 is 5.73 Å². The van der Waals surface area contributed by atoms with Gasteiger partial charge in [-0.15, -0.1) is 0 Å². The Kier molecular flexibility index (Phi) is 4.49. The molecule has 68 valence electrons. The molecule has 0 aromatic rings. The molecule has 1 atom stereocenters. The first-order valence-corrected chi connectivity index (χ1v) is 3.76. The summed E-state index contributed by atoms with van der Waals surface area (Å²) >= 11 is 0. The van der Waals surface area contributed by atoms with Gasteiger partial charge in [-0.05, 0) is 18.9 Å². The molecule has 0 radical (unpaired) electrons. The van der Waals surface area contributed by atoms with E-state index in [0.717, 1.165) is 6.42 Å². The van der Waals surface area contributed by atoms with Crippen LogP contribution in [0.15, 0.2) is 0 Å². The van der Waals surface area contributed by atoms with Gasteiger partial charge in [0, 0.05) is 6.42 Å². The van der Waals surface area contributed by atoms with Crippen molar-refractivity contribution in [2.24, 2.45) is 11.7 Å². The van der Waals surface area contributed by atoms with Crippen LogP contribution in [-0.2, 0) is 0 Å². The maximum atomic E-state index is 11.8. The maximum Gasteiger partial charge on any atom is 0.389 e. The third kappa shape index (κ3) is 6.16. The van der Waals surface area contributed by atoms with Crippen LogP contribution >= 0.6 is 0 Å². The Bertz CT molecular complexity index is 100. The summed E-state index contributed by atoms with van der Waals surface area (Å²) in [6.45, 7) is 1.99. The second-order valence-electron chi connectivity index (χ2n) is 2.71. The van der Waals surface area contributed by atoms with Crippen LogP contribution in [0.4, 0.5) is 13.2 Å². The predicted molar refractivity (Wildman–Crippen MR) is 38.1 cm³/mol. The third-order valence-corrected chi connectivity index (χ3v) is 1.55. The van der Waals surface area contributed by atoms with E-state index in [0.29, 0.717) is 6.42 Å². The Morgan fingerprint density at radius 3 is 2.18 bits per heavy atom. The van der Waals surface area contributed by atoms with Gasteiger partial charge in [-0.25, -0.2) is 0 Å². The van der Waals surface area contributed by atoms with Crippen molar-refractivity contribution in [3.05, 3.63) is 0 Å². The van der Waals surface area contributed by atoms with Crippen LogP contribution in [0.1, 0.15) is 26.2 Å². The van der Waals surface area contributed by atoms with Gasteiger partial charge in [-0.2, -0.15) is 13.2 Å². The van der Waals surface area contributed by atoms with Gasteiger partial charge >= 0.3 is 6.18 Å². The largest absolute Gasteiger partial charge is 0.389 e. The fraction of sp³-hybridized carbons (Fsp3) is 1.00. The monoisotopic (exact) mass is 169 g/mol. The van der Waals surface area contributed by atoms with Crippen molar-refractivity contribution in [2.45, 2.75) is 32.4 Å². The first-order valence-electron chi connectivity index (χ1n) is 3.76. The van der Waals surface area contributed by atoms with Crippen LogP contribution in [0, 0.1) is 5.92 Å². The molecule has 0 aliphatic heterocycles. The lowest BCUT2D eigenvalue weighted by atomic mass is 10.00. The minimum atomic E-state index is -4.06. The lowest BCUT2D eigenvalue weighted by Crippen LogP contribution is -2.21. The van der Waals surface area contributed by atoms with Crippen LogP contribution in [0.3, 0.4) is 0 Å². The standard InChI is InChI=1S/C7H14F3N/c1-2-3-6(5-11)4-7(8,9)10/h6H,2-5,11H2,1H3/t6-/m0/s1. The van der Waals surface area contributed by atoms with Crippen molar-refractivity contribution >= 4 is 0 Å². The van der Waals surface area contributed by atoms with Crippen molar-refractivity contribution in [3.8, 4) is 0 Å². The zero-order chi connectivity index (χ0) is 8.91. The van der Waals surface area contributed by atoms with Crippen molar-refractivity contribution in [2.75, 3.05) is 6.54 Å². The second kappa shape index (κ2) is 4.59. The summed E-state index contributed by atoms with van der Waals surface area (Å²) in [6.07, 6.45) is -3.47. The van der Waals surface area contributed by atoms with Crippen molar-refractivity contribution in [3.63, 3.8) is 0 Å². The number of nitrogens with two attached hydrogens (primary N) is 1. The van der Waals surface area contributed by atoms with Gasteiger partial charge in [0.1, 0.15) is 0 Å². The molecular formula is C7H14F3N. The Morgan fingerprint density at radius 2 is 1.91 bits per heavy atom. The van der Waals surface area contributed by atoms with E-state index < -0.39 is 12.6 Å². The molecule has 0 aliphatic rings. The Labute approximate surface area is 64.8 Å². The van der Waals surface area contributed by atoms with E-state index in [1.54, 1.807) is 0 Å². The topological polar surface area (TPSA) is 26.0 Å². The first kappa shape index (κ1) is 10.8. The molecule has 0 spiro atoms. The van der Waals surface area contributed by atoms with Gasteiger partial charge in [0.2, 0.25) is 0 Å². The molecule has 0 fully saturated rings. The molecule has 0 heterocycles. The highest BCUT2D eigenvalue weighted by atomic mass is 19.4. The lowest BCUT2D eigenvalue weighted by Gasteiger charge is -2.15. The van der Waals surface area contributed by atoms with Gasteiger partial charge in [0.15, 0.2) is 0 Å². The summed E-state index contributed by atoms with van der Waals surface area (Å²) in [4.78, 5) is 0. The normalized spacial score (nSPS) is 15.0. The molecule has 0 unspecified atom stereocenters. The molecular weight excluding hydrogens is 155 g/mol. The third-order valence-electron chi connectivity index (χ3n) is 1.55. The molecule has 0 saturated carbocycles. The smallest absolute Gasteiger partial charge is 0.330 e. The molecule has 11 heavy (non-hydrogen) atoms. The van der Waals surface area contributed by atoms with Crippen LogP contribution in [-0.4, -0.2) is 12.7 Å². The molecule has 0 aromatic carbocycles. The minimum absolute atomic E-state index is 0.132. The molecule has 0 amide bonds. The second-order valence-corrected chi connectivity index (χ2v) is 2.71.